The minimum atomic E-state index is -0.419. The van der Waals surface area contributed by atoms with Gasteiger partial charge in [0.2, 0.25) is 11.8 Å². The number of rotatable bonds is 5. The van der Waals surface area contributed by atoms with E-state index < -0.39 is 5.91 Å². The number of carbonyl (C=O) groups excluding carboxylic acids is 2. The lowest BCUT2D eigenvalue weighted by molar-refractivity contribution is -0.142. The molecule has 0 aliphatic carbocycles. The molecular formula is C21H31N3O2. The molecule has 142 valence electrons. The van der Waals surface area contributed by atoms with E-state index in [4.69, 9.17) is 5.73 Å². The Hall–Kier alpha value is -1.88. The number of piperidine rings is 2. The molecule has 3 rings (SSSR count). The zero-order valence-corrected chi connectivity index (χ0v) is 16.0. The van der Waals surface area contributed by atoms with Crippen molar-refractivity contribution in [2.75, 3.05) is 26.2 Å². The normalized spacial score (nSPS) is 20.7. The van der Waals surface area contributed by atoms with E-state index in [2.05, 4.69) is 43.0 Å². The quantitative estimate of drug-likeness (QED) is 0.880. The van der Waals surface area contributed by atoms with E-state index in [0.29, 0.717) is 18.9 Å². The summed E-state index contributed by atoms with van der Waals surface area (Å²) in [5, 5.41) is 0. The molecule has 1 aromatic carbocycles. The van der Waals surface area contributed by atoms with Gasteiger partial charge in [0.1, 0.15) is 0 Å². The minimum Gasteiger partial charge on any atom is -0.368 e. The number of likely N-dealkylation sites (tertiary alicyclic amines) is 2. The lowest BCUT2D eigenvalue weighted by atomic mass is 9.72. The van der Waals surface area contributed by atoms with E-state index in [-0.39, 0.29) is 17.9 Å². The van der Waals surface area contributed by atoms with E-state index in [0.717, 1.165) is 38.9 Å². The Kier molecular flexibility index (Phi) is 5.66. The van der Waals surface area contributed by atoms with Gasteiger partial charge in [0.15, 0.2) is 0 Å². The van der Waals surface area contributed by atoms with E-state index in [1.54, 1.807) is 4.90 Å². The first-order valence-electron chi connectivity index (χ1n) is 9.74. The third-order valence-corrected chi connectivity index (χ3v) is 6.06. The number of carbonyl (C=O) groups is 2. The highest BCUT2D eigenvalue weighted by atomic mass is 16.2. The van der Waals surface area contributed by atoms with Crippen LogP contribution in [0, 0.1) is 5.41 Å². The average Bonchev–Trinajstić information content (AvgIpc) is 2.60. The average molecular weight is 357 g/mol. The van der Waals surface area contributed by atoms with Crippen LogP contribution < -0.4 is 5.73 Å². The molecule has 0 radical (unpaired) electrons. The number of nitrogens with two attached hydrogens (primary N) is 1. The van der Waals surface area contributed by atoms with E-state index in [9.17, 15) is 9.59 Å². The van der Waals surface area contributed by atoms with Crippen LogP contribution in [0.15, 0.2) is 24.3 Å². The van der Waals surface area contributed by atoms with Crippen LogP contribution in [-0.2, 0) is 16.1 Å². The lowest BCUT2D eigenvalue weighted by Gasteiger charge is -2.47. The zero-order valence-electron chi connectivity index (χ0n) is 16.0. The fourth-order valence-electron chi connectivity index (χ4n) is 4.29. The van der Waals surface area contributed by atoms with Crippen molar-refractivity contribution in [1.82, 2.24) is 9.80 Å². The molecule has 0 bridgehead atoms. The Balaban J connectivity index is 1.55. The molecule has 2 aliphatic rings. The highest BCUT2D eigenvalue weighted by Crippen LogP contribution is 2.40. The Morgan fingerprint density at radius 3 is 2.38 bits per heavy atom. The first-order chi connectivity index (χ1) is 12.4. The van der Waals surface area contributed by atoms with Gasteiger partial charge in [0, 0.05) is 19.5 Å². The predicted octanol–water partition coefficient (Wildman–Crippen LogP) is 2.50. The van der Waals surface area contributed by atoms with Crippen molar-refractivity contribution in [3.63, 3.8) is 0 Å². The number of benzene rings is 1. The molecule has 2 saturated heterocycles. The van der Waals surface area contributed by atoms with Crippen molar-refractivity contribution >= 4 is 11.8 Å². The van der Waals surface area contributed by atoms with Crippen LogP contribution in [0.4, 0.5) is 0 Å². The highest BCUT2D eigenvalue weighted by molar-refractivity contribution is 5.84. The minimum absolute atomic E-state index is 0.0620. The summed E-state index contributed by atoms with van der Waals surface area (Å²) in [6, 6.07) is 8.96. The van der Waals surface area contributed by atoms with Crippen LogP contribution in [0.2, 0.25) is 0 Å². The third-order valence-electron chi connectivity index (χ3n) is 6.06. The van der Waals surface area contributed by atoms with Gasteiger partial charge in [-0.2, -0.15) is 0 Å². The molecule has 2 heterocycles. The molecule has 0 unspecified atom stereocenters. The molecule has 1 aromatic rings. The van der Waals surface area contributed by atoms with Gasteiger partial charge in [0.05, 0.1) is 6.54 Å². The van der Waals surface area contributed by atoms with Crippen molar-refractivity contribution in [3.05, 3.63) is 35.4 Å². The van der Waals surface area contributed by atoms with Crippen LogP contribution in [0.5, 0.6) is 0 Å². The largest absolute Gasteiger partial charge is 0.368 e. The molecule has 5 nitrogen and oxygen atoms in total. The number of nitrogens with zero attached hydrogens (tertiary/aromatic N) is 2. The van der Waals surface area contributed by atoms with Gasteiger partial charge in [-0.3, -0.25) is 14.5 Å². The predicted molar refractivity (Wildman–Crippen MR) is 102 cm³/mol. The summed E-state index contributed by atoms with van der Waals surface area (Å²) < 4.78 is 0. The number of hydrogen-bond acceptors (Lipinski definition) is 3. The zero-order chi connectivity index (χ0) is 18.7. The van der Waals surface area contributed by atoms with Crippen LogP contribution in [0.1, 0.15) is 56.6 Å². The highest BCUT2D eigenvalue weighted by Gasteiger charge is 2.41. The summed E-state index contributed by atoms with van der Waals surface area (Å²) in [5.74, 6) is 0.219. The number of hydrogen-bond donors (Lipinski definition) is 1. The van der Waals surface area contributed by atoms with Gasteiger partial charge < -0.3 is 10.6 Å². The summed E-state index contributed by atoms with van der Waals surface area (Å²) >= 11 is 0. The second-order valence-electron chi connectivity index (χ2n) is 8.39. The standard InChI is InChI=1S/C21H31N3O2/c1-16(2)18-5-3-17(4-6-18)13-23-11-9-21(10-12-23)8-7-20(26)24(15-21)14-19(22)25/h3-6,16H,7-15H2,1-2H3,(H2,22,25). The first kappa shape index (κ1) is 18.9. The Morgan fingerprint density at radius 2 is 1.81 bits per heavy atom. The van der Waals surface area contributed by atoms with Gasteiger partial charge >= 0.3 is 0 Å². The maximum atomic E-state index is 12.0. The topological polar surface area (TPSA) is 66.6 Å². The summed E-state index contributed by atoms with van der Waals surface area (Å²) in [4.78, 5) is 27.4. The Morgan fingerprint density at radius 1 is 1.15 bits per heavy atom. The van der Waals surface area contributed by atoms with E-state index in [1.165, 1.54) is 11.1 Å². The fraction of sp³-hybridized carbons (Fsp3) is 0.619. The van der Waals surface area contributed by atoms with Gasteiger partial charge in [0.25, 0.3) is 0 Å². The molecule has 0 aromatic heterocycles. The van der Waals surface area contributed by atoms with Crippen LogP contribution in [0.25, 0.3) is 0 Å². The van der Waals surface area contributed by atoms with Gasteiger partial charge in [-0.25, -0.2) is 0 Å². The lowest BCUT2D eigenvalue weighted by Crippen LogP contribution is -2.53. The molecule has 5 heteroatoms. The first-order valence-corrected chi connectivity index (χ1v) is 9.74. The van der Waals surface area contributed by atoms with Crippen molar-refractivity contribution in [2.45, 2.75) is 52.0 Å². The Bertz CT molecular complexity index is 646. The SMILES string of the molecule is CC(C)c1ccc(CN2CCC3(CCC(=O)N(CC(N)=O)C3)CC2)cc1. The third kappa shape index (κ3) is 4.44. The molecule has 2 amide bonds. The molecule has 2 fully saturated rings. The van der Waals surface area contributed by atoms with Crippen molar-refractivity contribution in [2.24, 2.45) is 11.1 Å². The van der Waals surface area contributed by atoms with Crippen molar-refractivity contribution in [1.29, 1.82) is 0 Å². The van der Waals surface area contributed by atoms with Gasteiger partial charge in [-0.05, 0) is 54.8 Å². The van der Waals surface area contributed by atoms with Crippen molar-refractivity contribution < 1.29 is 9.59 Å². The van der Waals surface area contributed by atoms with Gasteiger partial charge in [-0.15, -0.1) is 0 Å². The molecule has 1 spiro atoms. The maximum Gasteiger partial charge on any atom is 0.237 e. The molecular weight excluding hydrogens is 326 g/mol. The van der Waals surface area contributed by atoms with E-state index >= 15 is 0 Å². The summed E-state index contributed by atoms with van der Waals surface area (Å²) in [5.41, 5.74) is 8.21. The van der Waals surface area contributed by atoms with Crippen LogP contribution >= 0.6 is 0 Å². The fourth-order valence-corrected chi connectivity index (χ4v) is 4.29. The van der Waals surface area contributed by atoms with Crippen molar-refractivity contribution in [3.8, 4) is 0 Å². The maximum absolute atomic E-state index is 12.0. The van der Waals surface area contributed by atoms with Crippen LogP contribution in [0.3, 0.4) is 0 Å². The Labute approximate surface area is 156 Å². The molecule has 0 atom stereocenters. The van der Waals surface area contributed by atoms with E-state index in [1.807, 2.05) is 0 Å². The number of primary amides is 1. The summed E-state index contributed by atoms with van der Waals surface area (Å²) in [7, 11) is 0. The van der Waals surface area contributed by atoms with Gasteiger partial charge in [-0.1, -0.05) is 38.1 Å². The molecule has 2 N–H and O–H groups in total. The summed E-state index contributed by atoms with van der Waals surface area (Å²) in [6.45, 7) is 8.26. The van der Waals surface area contributed by atoms with Crippen LogP contribution in [-0.4, -0.2) is 47.8 Å². The number of amides is 2. The smallest absolute Gasteiger partial charge is 0.237 e. The summed E-state index contributed by atoms with van der Waals surface area (Å²) in [6.07, 6.45) is 3.65. The molecule has 2 aliphatic heterocycles. The second kappa shape index (κ2) is 7.78. The second-order valence-corrected chi connectivity index (χ2v) is 8.39. The molecule has 26 heavy (non-hydrogen) atoms. The molecule has 0 saturated carbocycles. The monoisotopic (exact) mass is 357 g/mol.